The smallest absolute Gasteiger partial charge is 0.142 e. The van der Waals surface area contributed by atoms with E-state index < -0.39 is 6.10 Å². The molecule has 0 unspecified atom stereocenters. The van der Waals surface area contributed by atoms with Crippen LogP contribution >= 0.6 is 0 Å². The lowest BCUT2D eigenvalue weighted by Crippen LogP contribution is -2.49. The van der Waals surface area contributed by atoms with Crippen molar-refractivity contribution in [3.63, 3.8) is 0 Å². The first-order valence-electron chi connectivity index (χ1n) is 8.31. The molecule has 1 fully saturated rings. The number of piperazine rings is 1. The third-order valence-corrected chi connectivity index (χ3v) is 3.98. The van der Waals surface area contributed by atoms with E-state index in [9.17, 15) is 5.11 Å². The molecule has 1 saturated heterocycles. The Labute approximate surface area is 139 Å². The monoisotopic (exact) mass is 322 g/mol. The van der Waals surface area contributed by atoms with Gasteiger partial charge in [-0.15, -0.1) is 0 Å². The predicted octanol–water partition coefficient (Wildman–Crippen LogP) is 1.99. The molecule has 0 radical (unpaired) electrons. The van der Waals surface area contributed by atoms with Crippen molar-refractivity contribution in [2.45, 2.75) is 32.5 Å². The van der Waals surface area contributed by atoms with Crippen LogP contribution in [-0.4, -0.2) is 68.2 Å². The molecule has 0 bridgehead atoms. The Bertz CT molecular complexity index is 479. The van der Waals surface area contributed by atoms with Crippen molar-refractivity contribution in [3.8, 4) is 5.75 Å². The Morgan fingerprint density at radius 1 is 1.13 bits per heavy atom. The van der Waals surface area contributed by atoms with E-state index in [1.807, 2.05) is 39.0 Å². The summed E-state index contributed by atoms with van der Waals surface area (Å²) in [5.41, 5.74) is 0.940. The molecule has 1 aromatic carbocycles. The lowest BCUT2D eigenvalue weighted by molar-refractivity contribution is -0.0563. The van der Waals surface area contributed by atoms with Crippen molar-refractivity contribution < 1.29 is 14.6 Å². The fraction of sp³-hybridized carbons (Fsp3) is 0.667. The van der Waals surface area contributed by atoms with Gasteiger partial charge in [0.2, 0.25) is 0 Å². The summed E-state index contributed by atoms with van der Waals surface area (Å²) in [6, 6.07) is 8.12. The average molecular weight is 322 g/mol. The Hall–Kier alpha value is -1.30. The van der Waals surface area contributed by atoms with Crippen molar-refractivity contribution in [3.05, 3.63) is 24.3 Å². The Morgan fingerprint density at radius 3 is 2.39 bits per heavy atom. The van der Waals surface area contributed by atoms with Gasteiger partial charge in [0.1, 0.15) is 5.75 Å². The molecule has 1 atom stereocenters. The summed E-state index contributed by atoms with van der Waals surface area (Å²) in [6.45, 7) is 10.8. The van der Waals surface area contributed by atoms with Crippen LogP contribution in [0.4, 0.5) is 5.69 Å². The van der Waals surface area contributed by atoms with Crippen molar-refractivity contribution in [2.24, 2.45) is 0 Å². The topological polar surface area (TPSA) is 45.2 Å². The van der Waals surface area contributed by atoms with Crippen LogP contribution in [-0.2, 0) is 4.74 Å². The number of aliphatic hydroxyl groups is 1. The number of rotatable bonds is 6. The van der Waals surface area contributed by atoms with Crippen molar-refractivity contribution >= 4 is 5.69 Å². The lowest BCUT2D eigenvalue weighted by atomic mass is 10.2. The number of anilines is 1. The van der Waals surface area contributed by atoms with Crippen LogP contribution in [0.3, 0.4) is 0 Å². The van der Waals surface area contributed by atoms with Gasteiger partial charge < -0.3 is 19.5 Å². The highest BCUT2D eigenvalue weighted by atomic mass is 16.5. The largest absolute Gasteiger partial charge is 0.495 e. The van der Waals surface area contributed by atoms with Crippen LogP contribution in [0.1, 0.15) is 20.8 Å². The normalized spacial score (nSPS) is 18.0. The van der Waals surface area contributed by atoms with Crippen LogP contribution in [0.15, 0.2) is 24.3 Å². The quantitative estimate of drug-likeness (QED) is 0.868. The van der Waals surface area contributed by atoms with Gasteiger partial charge in [-0.25, -0.2) is 0 Å². The summed E-state index contributed by atoms with van der Waals surface area (Å²) in [5.74, 6) is 0.916. The second-order valence-corrected chi connectivity index (χ2v) is 7.04. The van der Waals surface area contributed by atoms with Gasteiger partial charge in [-0.05, 0) is 32.9 Å². The fourth-order valence-corrected chi connectivity index (χ4v) is 2.76. The molecule has 2 rings (SSSR count). The van der Waals surface area contributed by atoms with Crippen LogP contribution < -0.4 is 9.64 Å². The number of para-hydroxylation sites is 2. The molecule has 1 aromatic rings. The molecule has 0 aromatic heterocycles. The van der Waals surface area contributed by atoms with Gasteiger partial charge >= 0.3 is 0 Å². The Balaban J connectivity index is 1.80. The maximum atomic E-state index is 10.1. The Morgan fingerprint density at radius 2 is 1.78 bits per heavy atom. The number of nitrogens with zero attached hydrogens (tertiary/aromatic N) is 2. The number of benzene rings is 1. The molecule has 1 heterocycles. The van der Waals surface area contributed by atoms with E-state index in [0.717, 1.165) is 37.6 Å². The zero-order chi connectivity index (χ0) is 16.9. The molecule has 1 N–H and O–H groups in total. The molecule has 0 saturated carbocycles. The highest BCUT2D eigenvalue weighted by Gasteiger charge is 2.22. The lowest BCUT2D eigenvalue weighted by Gasteiger charge is -2.37. The van der Waals surface area contributed by atoms with Gasteiger partial charge in [-0.3, -0.25) is 4.90 Å². The molecule has 5 nitrogen and oxygen atoms in total. The zero-order valence-corrected chi connectivity index (χ0v) is 14.8. The van der Waals surface area contributed by atoms with Crippen molar-refractivity contribution in [1.29, 1.82) is 0 Å². The third-order valence-electron chi connectivity index (χ3n) is 3.98. The summed E-state index contributed by atoms with van der Waals surface area (Å²) < 4.78 is 11.1. The highest BCUT2D eigenvalue weighted by molar-refractivity contribution is 5.58. The SMILES string of the molecule is COc1ccccc1N1CCN(C[C@@H](O)COC(C)(C)C)CC1. The molecule has 1 aliphatic heterocycles. The van der Waals surface area contributed by atoms with Gasteiger partial charge in [0.15, 0.2) is 0 Å². The first-order chi connectivity index (χ1) is 10.9. The highest BCUT2D eigenvalue weighted by Crippen LogP contribution is 2.28. The minimum absolute atomic E-state index is 0.205. The zero-order valence-electron chi connectivity index (χ0n) is 14.8. The summed E-state index contributed by atoms with van der Waals surface area (Å²) in [6.07, 6.45) is -0.438. The summed E-state index contributed by atoms with van der Waals surface area (Å²) in [4.78, 5) is 4.63. The number of methoxy groups -OCH3 is 1. The van der Waals surface area contributed by atoms with E-state index >= 15 is 0 Å². The second-order valence-electron chi connectivity index (χ2n) is 7.04. The van der Waals surface area contributed by atoms with Crippen molar-refractivity contribution in [2.75, 3.05) is 51.3 Å². The van der Waals surface area contributed by atoms with E-state index in [1.54, 1.807) is 7.11 Å². The van der Waals surface area contributed by atoms with E-state index in [-0.39, 0.29) is 5.60 Å². The standard InChI is InChI=1S/C18H30N2O3/c1-18(2,3)23-14-15(21)13-19-9-11-20(12-10-19)16-7-5-6-8-17(16)22-4/h5-8,15,21H,9-14H2,1-4H3/t15-/m1/s1. The van der Waals surface area contributed by atoms with E-state index in [2.05, 4.69) is 15.9 Å². The molecule has 0 amide bonds. The van der Waals surface area contributed by atoms with Crippen LogP contribution in [0.5, 0.6) is 5.75 Å². The van der Waals surface area contributed by atoms with Crippen LogP contribution in [0.2, 0.25) is 0 Å². The molecule has 1 aliphatic rings. The van der Waals surface area contributed by atoms with Crippen molar-refractivity contribution in [1.82, 2.24) is 4.90 Å². The molecule has 5 heteroatoms. The van der Waals surface area contributed by atoms with Gasteiger partial charge in [0.05, 0.1) is 31.1 Å². The molecule has 0 spiro atoms. The molecular weight excluding hydrogens is 292 g/mol. The maximum absolute atomic E-state index is 10.1. The van der Waals surface area contributed by atoms with Gasteiger partial charge in [0, 0.05) is 32.7 Å². The molecular formula is C18H30N2O3. The number of ether oxygens (including phenoxy) is 2. The minimum Gasteiger partial charge on any atom is -0.495 e. The maximum Gasteiger partial charge on any atom is 0.142 e. The first-order valence-corrected chi connectivity index (χ1v) is 8.31. The number of aliphatic hydroxyl groups excluding tert-OH is 1. The first kappa shape index (κ1) is 18.0. The van der Waals surface area contributed by atoms with Gasteiger partial charge in [-0.2, -0.15) is 0 Å². The third kappa shape index (κ3) is 5.68. The minimum atomic E-state index is -0.438. The summed E-state index contributed by atoms with van der Waals surface area (Å²) in [5, 5.41) is 10.1. The van der Waals surface area contributed by atoms with E-state index in [4.69, 9.17) is 9.47 Å². The van der Waals surface area contributed by atoms with Gasteiger partial charge in [0.25, 0.3) is 0 Å². The number of hydrogen-bond donors (Lipinski definition) is 1. The summed E-state index contributed by atoms with van der Waals surface area (Å²) >= 11 is 0. The van der Waals surface area contributed by atoms with E-state index in [1.165, 1.54) is 0 Å². The Kier molecular flexibility index (Phi) is 6.27. The average Bonchev–Trinajstić information content (AvgIpc) is 2.53. The van der Waals surface area contributed by atoms with E-state index in [0.29, 0.717) is 13.2 Å². The fourth-order valence-electron chi connectivity index (χ4n) is 2.76. The molecule has 0 aliphatic carbocycles. The number of β-amino-alcohol motifs (C(OH)–C–C–N with tert-alkyl or cyclic N) is 1. The second kappa shape index (κ2) is 7.99. The predicted molar refractivity (Wildman–Crippen MR) is 93.4 cm³/mol. The van der Waals surface area contributed by atoms with Crippen LogP contribution in [0, 0.1) is 0 Å². The van der Waals surface area contributed by atoms with Gasteiger partial charge in [-0.1, -0.05) is 12.1 Å². The molecule has 130 valence electrons. The number of hydrogen-bond acceptors (Lipinski definition) is 5. The van der Waals surface area contributed by atoms with Crippen LogP contribution in [0.25, 0.3) is 0 Å². The molecule has 23 heavy (non-hydrogen) atoms. The summed E-state index contributed by atoms with van der Waals surface area (Å²) in [7, 11) is 1.71.